The largest absolute Gasteiger partial charge is 0.420 e. The minimum absolute atomic E-state index is 0.303. The summed E-state index contributed by atoms with van der Waals surface area (Å²) in [5, 5.41) is 5.47. The molecule has 5 aromatic rings. The normalized spacial score (nSPS) is 14.2. The van der Waals surface area contributed by atoms with Crippen molar-refractivity contribution in [2.75, 3.05) is 5.73 Å². The number of para-hydroxylation sites is 2. The third-order valence-corrected chi connectivity index (χ3v) is 6.68. The van der Waals surface area contributed by atoms with Gasteiger partial charge in [-0.25, -0.2) is 4.68 Å². The average molecular weight is 498 g/mol. The van der Waals surface area contributed by atoms with E-state index >= 15 is 0 Å². The SMILES string of the molecule is Cc1nn(-c2ccccc2)c2c1C(c1cccc(Cl)c1)c1c(nc(=S)n(-c3ccccc3)c1N)O2. The summed E-state index contributed by atoms with van der Waals surface area (Å²) < 4.78 is 10.3. The Morgan fingerprint density at radius 2 is 1.60 bits per heavy atom. The first-order valence-electron chi connectivity index (χ1n) is 11.1. The van der Waals surface area contributed by atoms with Crippen LogP contribution >= 0.6 is 23.8 Å². The van der Waals surface area contributed by atoms with Crippen LogP contribution in [0.3, 0.4) is 0 Å². The van der Waals surface area contributed by atoms with Gasteiger partial charge < -0.3 is 10.5 Å². The van der Waals surface area contributed by atoms with E-state index in [1.54, 1.807) is 9.25 Å². The summed E-state index contributed by atoms with van der Waals surface area (Å²) in [4.78, 5) is 4.69. The Morgan fingerprint density at radius 1 is 0.914 bits per heavy atom. The summed E-state index contributed by atoms with van der Waals surface area (Å²) in [5.41, 5.74) is 12.0. The van der Waals surface area contributed by atoms with Crippen molar-refractivity contribution in [3.05, 3.63) is 117 Å². The van der Waals surface area contributed by atoms with Crippen LogP contribution in [-0.2, 0) is 0 Å². The first-order valence-corrected chi connectivity index (χ1v) is 11.9. The molecule has 0 aliphatic carbocycles. The third-order valence-electron chi connectivity index (χ3n) is 6.17. The van der Waals surface area contributed by atoms with Gasteiger partial charge in [0, 0.05) is 10.7 Å². The molecule has 2 N–H and O–H groups in total. The highest BCUT2D eigenvalue weighted by Crippen LogP contribution is 2.51. The predicted molar refractivity (Wildman–Crippen MR) is 140 cm³/mol. The third kappa shape index (κ3) is 3.51. The van der Waals surface area contributed by atoms with E-state index in [2.05, 4.69) is 0 Å². The van der Waals surface area contributed by atoms with Crippen molar-refractivity contribution in [3.8, 4) is 23.1 Å². The molecule has 0 amide bonds. The van der Waals surface area contributed by atoms with Crippen LogP contribution in [0.25, 0.3) is 11.4 Å². The molecule has 0 bridgehead atoms. The summed E-state index contributed by atoms with van der Waals surface area (Å²) in [6.45, 7) is 1.97. The second-order valence-corrected chi connectivity index (χ2v) is 9.11. The van der Waals surface area contributed by atoms with E-state index < -0.39 is 0 Å². The van der Waals surface area contributed by atoms with Crippen molar-refractivity contribution in [2.24, 2.45) is 0 Å². The molecule has 8 heteroatoms. The predicted octanol–water partition coefficient (Wildman–Crippen LogP) is 6.62. The van der Waals surface area contributed by atoms with Crippen LogP contribution < -0.4 is 10.5 Å². The number of ether oxygens (including phenoxy) is 1. The zero-order chi connectivity index (χ0) is 24.1. The molecule has 0 saturated heterocycles. The van der Waals surface area contributed by atoms with Crippen molar-refractivity contribution >= 4 is 29.6 Å². The molecule has 35 heavy (non-hydrogen) atoms. The molecule has 172 valence electrons. The number of nitrogens with two attached hydrogens (primary N) is 1. The van der Waals surface area contributed by atoms with Crippen molar-refractivity contribution in [1.82, 2.24) is 19.3 Å². The number of rotatable bonds is 3. The van der Waals surface area contributed by atoms with Gasteiger partial charge in [0.1, 0.15) is 5.82 Å². The number of hydrogen-bond donors (Lipinski definition) is 1. The van der Waals surface area contributed by atoms with Crippen LogP contribution in [0, 0.1) is 11.7 Å². The number of fused-ring (bicyclic) bond motifs is 2. The van der Waals surface area contributed by atoms with Gasteiger partial charge in [-0.05, 0) is 61.1 Å². The Bertz CT molecular complexity index is 1630. The maximum absolute atomic E-state index is 6.84. The molecule has 2 aromatic heterocycles. The number of aryl methyl sites for hydroxylation is 1. The number of aromatic nitrogens is 4. The van der Waals surface area contributed by atoms with Gasteiger partial charge in [0.15, 0.2) is 0 Å². The number of nitrogens with zero attached hydrogens (tertiary/aromatic N) is 4. The van der Waals surface area contributed by atoms with Crippen LogP contribution in [0.2, 0.25) is 5.02 Å². The second kappa shape index (κ2) is 8.37. The van der Waals surface area contributed by atoms with Crippen molar-refractivity contribution in [1.29, 1.82) is 0 Å². The summed E-state index contributed by atoms with van der Waals surface area (Å²) in [7, 11) is 0. The molecule has 0 saturated carbocycles. The first-order chi connectivity index (χ1) is 17.0. The molecule has 0 fully saturated rings. The van der Waals surface area contributed by atoms with Crippen molar-refractivity contribution in [2.45, 2.75) is 12.8 Å². The van der Waals surface area contributed by atoms with E-state index in [0.717, 1.165) is 33.8 Å². The second-order valence-electron chi connectivity index (χ2n) is 8.31. The maximum atomic E-state index is 6.84. The quantitative estimate of drug-likeness (QED) is 0.278. The van der Waals surface area contributed by atoms with E-state index in [4.69, 9.17) is 44.4 Å². The summed E-state index contributed by atoms with van der Waals surface area (Å²) in [6, 6.07) is 27.3. The van der Waals surface area contributed by atoms with Crippen molar-refractivity contribution < 1.29 is 4.74 Å². The summed E-state index contributed by atoms with van der Waals surface area (Å²) in [6.07, 6.45) is 0. The van der Waals surface area contributed by atoms with Gasteiger partial charge in [0.25, 0.3) is 0 Å². The minimum atomic E-state index is -0.303. The van der Waals surface area contributed by atoms with Crippen molar-refractivity contribution in [3.63, 3.8) is 0 Å². The first kappa shape index (κ1) is 21.6. The van der Waals surface area contributed by atoms with E-state index in [-0.39, 0.29) is 5.92 Å². The van der Waals surface area contributed by atoms with Gasteiger partial charge in [-0.2, -0.15) is 10.1 Å². The van der Waals surface area contributed by atoms with E-state index in [9.17, 15) is 0 Å². The molecule has 3 heterocycles. The number of anilines is 1. The van der Waals surface area contributed by atoms with Gasteiger partial charge in [-0.3, -0.25) is 4.57 Å². The lowest BCUT2D eigenvalue weighted by molar-refractivity contribution is 0.401. The highest BCUT2D eigenvalue weighted by molar-refractivity contribution is 7.71. The zero-order valence-corrected chi connectivity index (χ0v) is 20.3. The fourth-order valence-corrected chi connectivity index (χ4v) is 5.14. The molecule has 6 nitrogen and oxygen atoms in total. The molecular formula is C27H20ClN5OS. The maximum Gasteiger partial charge on any atom is 0.231 e. The van der Waals surface area contributed by atoms with Gasteiger partial charge in [-0.15, -0.1) is 0 Å². The summed E-state index contributed by atoms with van der Waals surface area (Å²) in [5.74, 6) is 1.12. The van der Waals surface area contributed by atoms with E-state index in [0.29, 0.717) is 27.4 Å². The van der Waals surface area contributed by atoms with Gasteiger partial charge in [-0.1, -0.05) is 60.1 Å². The van der Waals surface area contributed by atoms with E-state index in [1.807, 2.05) is 91.9 Å². The Hall–Kier alpha value is -3.94. The molecular weight excluding hydrogens is 478 g/mol. The smallest absolute Gasteiger partial charge is 0.231 e. The van der Waals surface area contributed by atoms with Crippen LogP contribution in [0.1, 0.15) is 28.3 Å². The van der Waals surface area contributed by atoms with Gasteiger partial charge in [0.2, 0.25) is 16.5 Å². The van der Waals surface area contributed by atoms with Gasteiger partial charge in [0.05, 0.1) is 28.4 Å². The van der Waals surface area contributed by atoms with Crippen LogP contribution in [-0.4, -0.2) is 19.3 Å². The number of hydrogen-bond acceptors (Lipinski definition) is 5. The molecule has 6 rings (SSSR count). The highest BCUT2D eigenvalue weighted by atomic mass is 35.5. The fraction of sp³-hybridized carbons (Fsp3) is 0.0741. The Labute approximate surface area is 212 Å². The summed E-state index contributed by atoms with van der Waals surface area (Å²) >= 11 is 12.1. The molecule has 1 unspecified atom stereocenters. The molecule has 0 spiro atoms. The standard InChI is InChI=1S/C27H20ClN5OS/c1-16-21-22(17-9-8-10-18(28)15-17)23-24(29)32(19-11-4-2-5-12-19)27(35)30-25(23)34-26(21)33(31-16)20-13-6-3-7-14-20/h2-15,22H,29H2,1H3. The lowest BCUT2D eigenvalue weighted by Crippen LogP contribution is -2.20. The molecule has 1 aliphatic heterocycles. The molecule has 0 radical (unpaired) electrons. The number of halogens is 1. The topological polar surface area (TPSA) is 70.9 Å². The molecule has 3 aromatic carbocycles. The lowest BCUT2D eigenvalue weighted by atomic mass is 9.84. The highest BCUT2D eigenvalue weighted by Gasteiger charge is 2.38. The average Bonchev–Trinajstić information content (AvgIpc) is 3.20. The Balaban J connectivity index is 1.66. The Morgan fingerprint density at radius 3 is 2.29 bits per heavy atom. The number of benzene rings is 3. The molecule has 1 aliphatic rings. The zero-order valence-electron chi connectivity index (χ0n) is 18.7. The van der Waals surface area contributed by atoms with Crippen LogP contribution in [0.5, 0.6) is 11.8 Å². The molecule has 1 atom stereocenters. The van der Waals surface area contributed by atoms with Gasteiger partial charge >= 0.3 is 0 Å². The monoisotopic (exact) mass is 497 g/mol. The van der Waals surface area contributed by atoms with E-state index in [1.165, 1.54) is 0 Å². The van der Waals surface area contributed by atoms with Crippen LogP contribution in [0.15, 0.2) is 84.9 Å². The fourth-order valence-electron chi connectivity index (χ4n) is 4.65. The Kier molecular flexibility index (Phi) is 5.16. The lowest BCUT2D eigenvalue weighted by Gasteiger charge is -2.29. The van der Waals surface area contributed by atoms with Crippen LogP contribution in [0.4, 0.5) is 5.82 Å². The number of nitrogen functional groups attached to an aromatic ring is 1. The minimum Gasteiger partial charge on any atom is -0.420 e.